The predicted molar refractivity (Wildman–Crippen MR) is 127 cm³/mol. The predicted octanol–water partition coefficient (Wildman–Crippen LogP) is 4.72. The largest absolute Gasteiger partial charge is 0.508 e. The van der Waals surface area contributed by atoms with E-state index in [2.05, 4.69) is 20.4 Å². The number of rotatable bonds is 4. The number of pyridine rings is 2. The lowest BCUT2D eigenvalue weighted by atomic mass is 9.99. The van der Waals surface area contributed by atoms with E-state index in [0.29, 0.717) is 23.0 Å². The Morgan fingerprint density at radius 1 is 1.00 bits per heavy atom. The van der Waals surface area contributed by atoms with Gasteiger partial charge in [0, 0.05) is 41.1 Å². The van der Waals surface area contributed by atoms with Crippen LogP contribution in [0.2, 0.25) is 0 Å². The highest BCUT2D eigenvalue weighted by Gasteiger charge is 2.14. The Balaban J connectivity index is 1.51. The van der Waals surface area contributed by atoms with E-state index >= 15 is 0 Å². The van der Waals surface area contributed by atoms with Gasteiger partial charge in [0.05, 0.1) is 5.52 Å². The fraction of sp³-hybridized carbons (Fsp3) is 0.120. The van der Waals surface area contributed by atoms with Crippen LogP contribution in [0.4, 0.5) is 11.6 Å². The lowest BCUT2D eigenvalue weighted by Crippen LogP contribution is -2.19. The van der Waals surface area contributed by atoms with Crippen LogP contribution in [0.15, 0.2) is 70.1 Å². The SMILES string of the molecule is Cc1cc2c(cn1)cc(-c1cc(Nc3noc(-c4ccc(O)cc4)n3)ccc1C)c(=O)n2C. The molecule has 33 heavy (non-hydrogen) atoms. The lowest BCUT2D eigenvalue weighted by molar-refractivity contribution is 0.432. The number of fused-ring (bicyclic) bond motifs is 1. The van der Waals surface area contributed by atoms with E-state index < -0.39 is 0 Å². The van der Waals surface area contributed by atoms with Gasteiger partial charge in [0.15, 0.2) is 0 Å². The Bertz CT molecular complexity index is 1550. The molecule has 5 aromatic rings. The van der Waals surface area contributed by atoms with Crippen molar-refractivity contribution in [3.63, 3.8) is 0 Å². The smallest absolute Gasteiger partial charge is 0.268 e. The molecule has 3 heterocycles. The van der Waals surface area contributed by atoms with Gasteiger partial charge in [0.1, 0.15) is 5.75 Å². The number of hydrogen-bond donors (Lipinski definition) is 2. The van der Waals surface area contributed by atoms with Gasteiger partial charge in [-0.1, -0.05) is 6.07 Å². The van der Waals surface area contributed by atoms with Gasteiger partial charge in [0.25, 0.3) is 17.4 Å². The third-order valence-corrected chi connectivity index (χ3v) is 5.57. The minimum absolute atomic E-state index is 0.0810. The molecule has 5 rings (SSSR count). The average Bonchev–Trinajstić information content (AvgIpc) is 3.27. The fourth-order valence-electron chi connectivity index (χ4n) is 3.77. The summed E-state index contributed by atoms with van der Waals surface area (Å²) in [6.07, 6.45) is 1.79. The van der Waals surface area contributed by atoms with Crippen LogP contribution in [-0.4, -0.2) is 24.8 Å². The Morgan fingerprint density at radius 2 is 1.79 bits per heavy atom. The molecule has 0 atom stereocenters. The number of aryl methyl sites for hydroxylation is 3. The van der Waals surface area contributed by atoms with Gasteiger partial charge in [-0.05, 0) is 78.7 Å². The van der Waals surface area contributed by atoms with Crippen LogP contribution in [0.25, 0.3) is 33.5 Å². The molecule has 0 saturated heterocycles. The Labute approximate surface area is 189 Å². The van der Waals surface area contributed by atoms with E-state index in [0.717, 1.165) is 33.4 Å². The highest BCUT2D eigenvalue weighted by Crippen LogP contribution is 2.28. The van der Waals surface area contributed by atoms with Crippen molar-refractivity contribution >= 4 is 22.5 Å². The van der Waals surface area contributed by atoms with Crippen molar-refractivity contribution in [2.75, 3.05) is 5.32 Å². The molecule has 0 bridgehead atoms. The summed E-state index contributed by atoms with van der Waals surface area (Å²) in [5, 5.41) is 17.5. The average molecular weight is 439 g/mol. The summed E-state index contributed by atoms with van der Waals surface area (Å²) in [5.41, 5.74) is 5.41. The summed E-state index contributed by atoms with van der Waals surface area (Å²) in [5.74, 6) is 0.782. The second kappa shape index (κ2) is 7.90. The first-order valence-corrected chi connectivity index (χ1v) is 10.4. The molecule has 3 aromatic heterocycles. The van der Waals surface area contributed by atoms with Gasteiger partial charge >= 0.3 is 0 Å². The van der Waals surface area contributed by atoms with Crippen molar-refractivity contribution in [1.82, 2.24) is 19.7 Å². The number of aromatic nitrogens is 4. The zero-order valence-corrected chi connectivity index (χ0v) is 18.3. The highest BCUT2D eigenvalue weighted by atomic mass is 16.5. The molecule has 2 N–H and O–H groups in total. The zero-order chi connectivity index (χ0) is 23.1. The van der Waals surface area contributed by atoms with Crippen LogP contribution in [-0.2, 0) is 7.05 Å². The van der Waals surface area contributed by atoms with Crippen molar-refractivity contribution in [2.45, 2.75) is 13.8 Å². The first-order valence-electron chi connectivity index (χ1n) is 10.4. The van der Waals surface area contributed by atoms with Gasteiger partial charge in [-0.3, -0.25) is 9.78 Å². The molecule has 0 amide bonds. The van der Waals surface area contributed by atoms with Crippen LogP contribution in [0.5, 0.6) is 5.75 Å². The van der Waals surface area contributed by atoms with Gasteiger partial charge in [-0.25, -0.2) is 0 Å². The van der Waals surface area contributed by atoms with Gasteiger partial charge in [-0.15, -0.1) is 0 Å². The maximum absolute atomic E-state index is 13.2. The molecule has 8 heteroatoms. The Kier molecular flexibility index (Phi) is 4.90. The third-order valence-electron chi connectivity index (χ3n) is 5.57. The summed E-state index contributed by atoms with van der Waals surface area (Å²) in [6, 6.07) is 16.0. The summed E-state index contributed by atoms with van der Waals surface area (Å²) in [6.45, 7) is 3.87. The van der Waals surface area contributed by atoms with E-state index in [1.165, 1.54) is 0 Å². The summed E-state index contributed by atoms with van der Waals surface area (Å²) >= 11 is 0. The van der Waals surface area contributed by atoms with Gasteiger partial charge < -0.3 is 19.5 Å². The molecule has 0 spiro atoms. The maximum atomic E-state index is 13.2. The van der Waals surface area contributed by atoms with E-state index in [4.69, 9.17) is 4.52 Å². The van der Waals surface area contributed by atoms with Crippen LogP contribution >= 0.6 is 0 Å². The first-order chi connectivity index (χ1) is 15.9. The second-order valence-corrected chi connectivity index (χ2v) is 7.93. The minimum atomic E-state index is -0.0810. The normalized spacial score (nSPS) is 11.1. The van der Waals surface area contributed by atoms with Crippen molar-refractivity contribution in [3.8, 4) is 28.3 Å². The maximum Gasteiger partial charge on any atom is 0.268 e. The summed E-state index contributed by atoms with van der Waals surface area (Å²) < 4.78 is 6.98. The van der Waals surface area contributed by atoms with Crippen molar-refractivity contribution in [2.24, 2.45) is 7.05 Å². The molecule has 0 fully saturated rings. The van der Waals surface area contributed by atoms with E-state index in [9.17, 15) is 9.90 Å². The number of nitrogens with one attached hydrogen (secondary N) is 1. The second-order valence-electron chi connectivity index (χ2n) is 7.93. The number of anilines is 2. The highest BCUT2D eigenvalue weighted by molar-refractivity contribution is 5.85. The molecule has 0 radical (unpaired) electrons. The topological polar surface area (TPSA) is 106 Å². The minimum Gasteiger partial charge on any atom is -0.508 e. The summed E-state index contributed by atoms with van der Waals surface area (Å²) in [4.78, 5) is 21.9. The quantitative estimate of drug-likeness (QED) is 0.417. The molecule has 0 aliphatic carbocycles. The van der Waals surface area contributed by atoms with Gasteiger partial charge in [0.2, 0.25) is 0 Å². The van der Waals surface area contributed by atoms with E-state index in [-0.39, 0.29) is 11.3 Å². The van der Waals surface area contributed by atoms with Crippen molar-refractivity contribution in [1.29, 1.82) is 0 Å². The van der Waals surface area contributed by atoms with E-state index in [1.54, 1.807) is 42.1 Å². The number of hydrogen-bond acceptors (Lipinski definition) is 7. The van der Waals surface area contributed by atoms with Crippen LogP contribution in [0.1, 0.15) is 11.3 Å². The number of benzene rings is 2. The standard InChI is InChI=1S/C25H21N5O3/c1-14-4-7-18(27-25-28-23(33-29-25)16-5-8-19(31)9-6-16)12-20(14)21-11-17-13-26-15(2)10-22(17)30(3)24(21)32/h4-13,31H,1-3H3,(H,27,29). The molecule has 8 nitrogen and oxygen atoms in total. The molecule has 164 valence electrons. The molecular formula is C25H21N5O3. The number of aromatic hydroxyl groups is 1. The van der Waals surface area contributed by atoms with E-state index in [1.807, 2.05) is 44.2 Å². The van der Waals surface area contributed by atoms with Crippen LogP contribution < -0.4 is 10.9 Å². The van der Waals surface area contributed by atoms with Crippen molar-refractivity contribution in [3.05, 3.63) is 82.4 Å². The first kappa shape index (κ1) is 20.4. The zero-order valence-electron chi connectivity index (χ0n) is 18.3. The molecule has 0 aliphatic heterocycles. The summed E-state index contributed by atoms with van der Waals surface area (Å²) in [7, 11) is 1.77. The Hall–Kier alpha value is -4.46. The fourth-order valence-corrected chi connectivity index (χ4v) is 3.77. The number of phenolic OH excluding ortho intramolecular Hbond substituents is 1. The Morgan fingerprint density at radius 3 is 2.58 bits per heavy atom. The molecule has 2 aromatic carbocycles. The van der Waals surface area contributed by atoms with Crippen LogP contribution in [0.3, 0.4) is 0 Å². The number of nitrogens with zero attached hydrogens (tertiary/aromatic N) is 4. The number of phenols is 1. The van der Waals surface area contributed by atoms with Crippen molar-refractivity contribution < 1.29 is 9.63 Å². The third kappa shape index (κ3) is 3.82. The molecule has 0 aliphatic rings. The van der Waals surface area contributed by atoms with Crippen LogP contribution in [0, 0.1) is 13.8 Å². The molecular weight excluding hydrogens is 418 g/mol. The lowest BCUT2D eigenvalue weighted by Gasteiger charge is -2.12. The molecule has 0 saturated carbocycles. The monoisotopic (exact) mass is 439 g/mol. The van der Waals surface area contributed by atoms with Gasteiger partial charge in [-0.2, -0.15) is 4.98 Å². The molecule has 0 unspecified atom stereocenters.